The molecule has 0 bridgehead atoms. The Kier molecular flexibility index (Phi) is 6.51. The summed E-state index contributed by atoms with van der Waals surface area (Å²) in [6, 6.07) is 14.4. The molecule has 9 heteroatoms. The van der Waals surface area contributed by atoms with Gasteiger partial charge in [-0.2, -0.15) is 14.7 Å². The number of aliphatic hydroxyl groups excluding tert-OH is 1. The molecular weight excluding hydrogens is 479 g/mol. The van der Waals surface area contributed by atoms with Crippen LogP contribution in [-0.2, 0) is 16.4 Å². The highest BCUT2D eigenvalue weighted by atomic mass is 32.2. The van der Waals surface area contributed by atoms with Gasteiger partial charge in [0.25, 0.3) is 0 Å². The van der Waals surface area contributed by atoms with Crippen molar-refractivity contribution in [3.63, 3.8) is 0 Å². The van der Waals surface area contributed by atoms with Crippen LogP contribution in [-0.4, -0.2) is 47.3 Å². The van der Waals surface area contributed by atoms with Gasteiger partial charge >= 0.3 is 0 Å². The van der Waals surface area contributed by atoms with Crippen molar-refractivity contribution in [2.24, 2.45) is 5.92 Å². The minimum absolute atomic E-state index is 0.00731. The van der Waals surface area contributed by atoms with Crippen LogP contribution in [0.4, 0.5) is 4.39 Å². The maximum Gasteiger partial charge on any atom is 0.244 e. The first-order valence-corrected chi connectivity index (χ1v) is 13.4. The van der Waals surface area contributed by atoms with Crippen molar-refractivity contribution in [2.75, 3.05) is 19.7 Å². The van der Waals surface area contributed by atoms with Gasteiger partial charge < -0.3 is 5.11 Å². The molecule has 186 valence electrons. The predicted molar refractivity (Wildman–Crippen MR) is 132 cm³/mol. The van der Waals surface area contributed by atoms with Crippen LogP contribution >= 0.6 is 0 Å². The summed E-state index contributed by atoms with van der Waals surface area (Å²) in [5, 5.41) is 23.7. The molecule has 0 unspecified atom stereocenters. The molecular formula is C27H27FN4O3S. The summed E-state index contributed by atoms with van der Waals surface area (Å²) in [6.07, 6.45) is 4.25. The lowest BCUT2D eigenvalue weighted by Crippen LogP contribution is -2.38. The molecule has 1 heterocycles. The molecule has 0 aliphatic heterocycles. The van der Waals surface area contributed by atoms with Gasteiger partial charge in [-0.25, -0.2) is 17.5 Å². The zero-order chi connectivity index (χ0) is 25.4. The van der Waals surface area contributed by atoms with Crippen LogP contribution in [0.25, 0.3) is 5.69 Å². The second-order valence-electron chi connectivity index (χ2n) is 9.32. The molecule has 2 atom stereocenters. The van der Waals surface area contributed by atoms with Crippen LogP contribution in [0, 0.1) is 23.1 Å². The van der Waals surface area contributed by atoms with Crippen molar-refractivity contribution in [1.82, 2.24) is 14.1 Å². The molecule has 2 aliphatic carbocycles. The summed E-state index contributed by atoms with van der Waals surface area (Å²) in [5.74, 6) is -0.222. The summed E-state index contributed by atoms with van der Waals surface area (Å²) in [6.45, 7) is 2.02. The lowest BCUT2D eigenvalue weighted by atomic mass is 9.80. The summed E-state index contributed by atoms with van der Waals surface area (Å²) in [7, 11) is -3.96. The van der Waals surface area contributed by atoms with Crippen molar-refractivity contribution < 1.29 is 17.9 Å². The molecule has 3 aromatic rings. The van der Waals surface area contributed by atoms with Gasteiger partial charge in [-0.15, -0.1) is 0 Å². The second kappa shape index (κ2) is 9.62. The van der Waals surface area contributed by atoms with Crippen LogP contribution in [0.1, 0.15) is 42.5 Å². The number of sulfonamides is 1. The Balaban J connectivity index is 1.44. The van der Waals surface area contributed by atoms with Crippen molar-refractivity contribution in [3.05, 3.63) is 88.5 Å². The largest absolute Gasteiger partial charge is 0.395 e. The minimum Gasteiger partial charge on any atom is -0.395 e. The lowest BCUT2D eigenvalue weighted by Gasteiger charge is -2.30. The number of hydrogen-bond acceptors (Lipinski definition) is 5. The van der Waals surface area contributed by atoms with Crippen LogP contribution in [0.5, 0.6) is 0 Å². The monoisotopic (exact) mass is 506 g/mol. The molecule has 7 nitrogen and oxygen atoms in total. The average molecular weight is 507 g/mol. The fourth-order valence-corrected chi connectivity index (χ4v) is 7.28. The molecule has 0 amide bonds. The first-order valence-electron chi connectivity index (χ1n) is 12.0. The summed E-state index contributed by atoms with van der Waals surface area (Å²) < 4.78 is 43.6. The van der Waals surface area contributed by atoms with Gasteiger partial charge in [-0.3, -0.25) is 0 Å². The zero-order valence-electron chi connectivity index (χ0n) is 19.9. The SMILES string of the molecule is C[C@@H]1C2=C(CC[C@@H]2CN(CCO)S(=O)(=O)c2ccccc2C#N)Cc2c1cnn2-c1ccc(F)cc1. The second-order valence-corrected chi connectivity index (χ2v) is 11.2. The topological polar surface area (TPSA) is 99.2 Å². The number of rotatable bonds is 7. The number of aromatic nitrogens is 2. The molecule has 2 aromatic carbocycles. The zero-order valence-corrected chi connectivity index (χ0v) is 20.7. The third-order valence-corrected chi connectivity index (χ3v) is 9.25. The molecule has 0 radical (unpaired) electrons. The van der Waals surface area contributed by atoms with E-state index in [4.69, 9.17) is 0 Å². The van der Waals surface area contributed by atoms with Gasteiger partial charge in [0, 0.05) is 31.0 Å². The molecule has 5 rings (SSSR count). The molecule has 1 N–H and O–H groups in total. The van der Waals surface area contributed by atoms with E-state index in [0.717, 1.165) is 29.8 Å². The Bertz CT molecular complexity index is 1470. The Labute approximate surface area is 210 Å². The molecule has 1 aromatic heterocycles. The standard InChI is InChI=1S/C27H27FN4O3S/c1-18-24-16-30-32(23-10-8-22(28)9-11-23)25(24)14-19-6-7-21(27(18)19)17-31(12-13-33)36(34,35)26-5-3-2-4-20(26)15-29/h2-5,8-11,16,18,21,33H,6-7,12-14,17H2,1H3/t18-,21+/m0/s1. The van der Waals surface area contributed by atoms with Crippen molar-refractivity contribution in [2.45, 2.75) is 37.0 Å². The van der Waals surface area contributed by atoms with E-state index in [1.165, 1.54) is 39.7 Å². The number of benzene rings is 2. The lowest BCUT2D eigenvalue weighted by molar-refractivity contribution is 0.243. The fraction of sp³-hybridized carbons (Fsp3) is 0.333. The maximum atomic E-state index is 13.5. The van der Waals surface area contributed by atoms with E-state index < -0.39 is 10.0 Å². The third-order valence-electron chi connectivity index (χ3n) is 7.33. The van der Waals surface area contributed by atoms with E-state index in [1.54, 1.807) is 24.3 Å². The first kappa shape index (κ1) is 24.4. The highest BCUT2D eigenvalue weighted by Crippen LogP contribution is 2.47. The Morgan fingerprint density at radius 1 is 1.22 bits per heavy atom. The van der Waals surface area contributed by atoms with Crippen LogP contribution in [0.2, 0.25) is 0 Å². The van der Waals surface area contributed by atoms with Gasteiger partial charge in [0.2, 0.25) is 10.0 Å². The fourth-order valence-electron chi connectivity index (χ4n) is 5.67. The van der Waals surface area contributed by atoms with Gasteiger partial charge in [-0.05, 0) is 55.2 Å². The summed E-state index contributed by atoms with van der Waals surface area (Å²) >= 11 is 0. The highest BCUT2D eigenvalue weighted by molar-refractivity contribution is 7.89. The van der Waals surface area contributed by atoms with Crippen LogP contribution < -0.4 is 0 Å². The van der Waals surface area contributed by atoms with E-state index in [2.05, 4.69) is 12.0 Å². The maximum absolute atomic E-state index is 13.5. The van der Waals surface area contributed by atoms with Crippen molar-refractivity contribution in [1.29, 1.82) is 5.26 Å². The van der Waals surface area contributed by atoms with E-state index in [1.807, 2.05) is 16.9 Å². The smallest absolute Gasteiger partial charge is 0.244 e. The van der Waals surface area contributed by atoms with Gasteiger partial charge in [0.1, 0.15) is 11.9 Å². The third kappa shape index (κ3) is 4.15. The van der Waals surface area contributed by atoms with E-state index in [-0.39, 0.29) is 47.8 Å². The quantitative estimate of drug-likeness (QED) is 0.490. The predicted octanol–water partition coefficient (Wildman–Crippen LogP) is 3.93. The molecule has 0 saturated carbocycles. The number of nitrogens with zero attached hydrogens (tertiary/aromatic N) is 4. The average Bonchev–Trinajstić information content (AvgIpc) is 3.49. The Hall–Kier alpha value is -3.32. The molecule has 2 aliphatic rings. The van der Waals surface area contributed by atoms with E-state index in [9.17, 15) is 23.2 Å². The molecule has 0 spiro atoms. The highest BCUT2D eigenvalue weighted by Gasteiger charge is 2.39. The molecule has 0 saturated heterocycles. The number of hydrogen-bond donors (Lipinski definition) is 1. The summed E-state index contributed by atoms with van der Waals surface area (Å²) in [5.41, 5.74) is 5.61. The number of nitriles is 1. The van der Waals surface area contributed by atoms with Gasteiger partial charge in [-0.1, -0.05) is 30.2 Å². The van der Waals surface area contributed by atoms with Gasteiger partial charge in [0.15, 0.2) is 0 Å². The Morgan fingerprint density at radius 2 is 1.97 bits per heavy atom. The van der Waals surface area contributed by atoms with E-state index >= 15 is 0 Å². The van der Waals surface area contributed by atoms with Crippen LogP contribution in [0.3, 0.4) is 0 Å². The summed E-state index contributed by atoms with van der Waals surface area (Å²) in [4.78, 5) is -0.0345. The van der Waals surface area contributed by atoms with E-state index in [0.29, 0.717) is 6.42 Å². The van der Waals surface area contributed by atoms with Gasteiger partial charge in [0.05, 0.1) is 34.6 Å². The number of aliphatic hydroxyl groups is 1. The first-order chi connectivity index (χ1) is 17.3. The van der Waals surface area contributed by atoms with Crippen molar-refractivity contribution >= 4 is 10.0 Å². The number of halogens is 1. The molecule has 0 fully saturated rings. The minimum atomic E-state index is -3.96. The molecule has 36 heavy (non-hydrogen) atoms. The van der Waals surface area contributed by atoms with Crippen LogP contribution in [0.15, 0.2) is 70.8 Å². The number of allylic oxidation sites excluding steroid dienone is 1. The van der Waals surface area contributed by atoms with Crippen molar-refractivity contribution in [3.8, 4) is 11.8 Å². The Morgan fingerprint density at radius 3 is 2.69 bits per heavy atom. The normalized spacial score (nSPS) is 19.3. The number of fused-ring (bicyclic) bond motifs is 1.